The topological polar surface area (TPSA) is 67.8 Å². The van der Waals surface area contributed by atoms with Crippen molar-refractivity contribution in [3.8, 4) is 22.3 Å². The first kappa shape index (κ1) is 23.5. The summed E-state index contributed by atoms with van der Waals surface area (Å²) in [5.74, 6) is -0.373. The average Bonchev–Trinajstić information content (AvgIpc) is 3.36. The minimum atomic E-state index is -0.433. The zero-order chi connectivity index (χ0) is 25.1. The molecule has 1 N–H and O–H groups in total. The zero-order valence-corrected chi connectivity index (χ0v) is 20.5. The summed E-state index contributed by atoms with van der Waals surface area (Å²) in [6.45, 7) is 3.00. The van der Waals surface area contributed by atoms with E-state index in [-0.39, 0.29) is 11.3 Å². The predicted octanol–water partition coefficient (Wildman–Crippen LogP) is 7.02. The summed E-state index contributed by atoms with van der Waals surface area (Å²) in [5, 5.41) is 5.63. The van der Waals surface area contributed by atoms with Crippen molar-refractivity contribution in [3.05, 3.63) is 118 Å². The van der Waals surface area contributed by atoms with E-state index in [0.29, 0.717) is 16.1 Å². The summed E-state index contributed by atoms with van der Waals surface area (Å²) in [5.41, 5.74) is 4.59. The Bertz CT molecular complexity index is 1630. The van der Waals surface area contributed by atoms with Gasteiger partial charge in [-0.05, 0) is 47.4 Å². The van der Waals surface area contributed by atoms with Gasteiger partial charge in [-0.2, -0.15) is 5.10 Å². The number of carbonyl (C=O) groups is 1. The standard InChI is InChI=1S/C30H24ClN3O2/c1-2-16-34-19-23(18-32-34)21-11-8-20(9-12-21)10-15-27(35)29-28(22-6-4-3-5-7-22)25-17-24(31)13-14-26(25)33-30(29)36/h3-15,17-19H,2,16H2,1H3,(H,33,36)/b15-10+. The number of aromatic nitrogens is 3. The smallest absolute Gasteiger partial charge is 0.260 e. The van der Waals surface area contributed by atoms with Crippen LogP contribution in [0.15, 0.2) is 96.1 Å². The van der Waals surface area contributed by atoms with Gasteiger partial charge in [0.15, 0.2) is 5.78 Å². The molecule has 5 rings (SSSR count). The lowest BCUT2D eigenvalue weighted by atomic mass is 9.94. The van der Waals surface area contributed by atoms with Crippen molar-refractivity contribution in [2.24, 2.45) is 0 Å². The number of aryl methyl sites for hydroxylation is 1. The predicted molar refractivity (Wildman–Crippen MR) is 146 cm³/mol. The van der Waals surface area contributed by atoms with Gasteiger partial charge < -0.3 is 4.98 Å². The maximum atomic E-state index is 13.4. The lowest BCUT2D eigenvalue weighted by Crippen LogP contribution is -2.18. The first-order valence-corrected chi connectivity index (χ1v) is 12.2. The van der Waals surface area contributed by atoms with E-state index in [1.807, 2.05) is 71.7 Å². The molecule has 0 amide bonds. The number of pyridine rings is 1. The number of aromatic amines is 1. The molecule has 0 fully saturated rings. The minimum Gasteiger partial charge on any atom is -0.321 e. The number of halogens is 1. The summed E-state index contributed by atoms with van der Waals surface area (Å²) in [7, 11) is 0. The van der Waals surface area contributed by atoms with Crippen molar-refractivity contribution in [1.29, 1.82) is 0 Å². The number of ketones is 1. The Balaban J connectivity index is 1.49. The van der Waals surface area contributed by atoms with Gasteiger partial charge in [0, 0.05) is 39.8 Å². The summed E-state index contributed by atoms with van der Waals surface area (Å²) >= 11 is 6.27. The molecule has 0 aliphatic heterocycles. The SMILES string of the molecule is CCCn1cc(-c2ccc(/C=C/C(=O)c3c(-c4ccccc4)c4cc(Cl)ccc4[nH]c3=O)cc2)cn1. The maximum Gasteiger partial charge on any atom is 0.260 e. The van der Waals surface area contributed by atoms with Crippen molar-refractivity contribution < 1.29 is 4.79 Å². The molecule has 0 atom stereocenters. The molecule has 2 aromatic heterocycles. The summed E-state index contributed by atoms with van der Waals surface area (Å²) in [6, 6.07) is 22.6. The molecule has 178 valence electrons. The van der Waals surface area contributed by atoms with Gasteiger partial charge in [0.2, 0.25) is 0 Å². The largest absolute Gasteiger partial charge is 0.321 e. The van der Waals surface area contributed by atoms with E-state index in [9.17, 15) is 9.59 Å². The molecule has 5 aromatic rings. The van der Waals surface area contributed by atoms with E-state index < -0.39 is 5.56 Å². The van der Waals surface area contributed by atoms with Crippen LogP contribution in [0.25, 0.3) is 39.2 Å². The average molecular weight is 494 g/mol. The number of rotatable bonds is 7. The third kappa shape index (κ3) is 4.79. The van der Waals surface area contributed by atoms with Crippen LogP contribution in [0, 0.1) is 0 Å². The highest BCUT2D eigenvalue weighted by molar-refractivity contribution is 6.31. The second kappa shape index (κ2) is 10.2. The number of carbonyl (C=O) groups excluding carboxylic acids is 1. The van der Waals surface area contributed by atoms with Crippen molar-refractivity contribution in [2.75, 3.05) is 0 Å². The normalized spacial score (nSPS) is 11.4. The molecule has 0 saturated heterocycles. The molecule has 36 heavy (non-hydrogen) atoms. The Morgan fingerprint density at radius 1 is 1.00 bits per heavy atom. The van der Waals surface area contributed by atoms with Crippen LogP contribution in [0.2, 0.25) is 5.02 Å². The fourth-order valence-electron chi connectivity index (χ4n) is 4.31. The third-order valence-electron chi connectivity index (χ3n) is 6.04. The number of benzene rings is 3. The van der Waals surface area contributed by atoms with Crippen LogP contribution in [0.3, 0.4) is 0 Å². The third-order valence-corrected chi connectivity index (χ3v) is 6.28. The van der Waals surface area contributed by atoms with Gasteiger partial charge in [-0.15, -0.1) is 0 Å². The highest BCUT2D eigenvalue weighted by Crippen LogP contribution is 2.31. The Labute approximate surface area is 213 Å². The van der Waals surface area contributed by atoms with Gasteiger partial charge in [-0.1, -0.05) is 79.2 Å². The number of nitrogens with zero attached hydrogens (tertiary/aromatic N) is 2. The molecule has 6 heteroatoms. The van der Waals surface area contributed by atoms with Gasteiger partial charge in [0.05, 0.1) is 11.8 Å². The Hall–Kier alpha value is -4.22. The van der Waals surface area contributed by atoms with Crippen molar-refractivity contribution >= 4 is 34.4 Å². The molecule has 3 aromatic carbocycles. The van der Waals surface area contributed by atoms with E-state index in [4.69, 9.17) is 11.6 Å². The van der Waals surface area contributed by atoms with Crippen LogP contribution in [0.1, 0.15) is 29.3 Å². The van der Waals surface area contributed by atoms with Gasteiger partial charge >= 0.3 is 0 Å². The second-order valence-electron chi connectivity index (χ2n) is 8.57. The molecule has 0 saturated carbocycles. The molecule has 0 spiro atoms. The van der Waals surface area contributed by atoms with E-state index in [1.54, 1.807) is 24.3 Å². The molecule has 0 unspecified atom stereocenters. The molecule has 0 aliphatic rings. The first-order chi connectivity index (χ1) is 17.5. The number of hydrogen-bond acceptors (Lipinski definition) is 3. The van der Waals surface area contributed by atoms with Crippen LogP contribution >= 0.6 is 11.6 Å². The van der Waals surface area contributed by atoms with E-state index in [2.05, 4.69) is 17.0 Å². The van der Waals surface area contributed by atoms with Crippen LogP contribution in [0.4, 0.5) is 0 Å². The van der Waals surface area contributed by atoms with Gasteiger partial charge in [0.25, 0.3) is 5.56 Å². The Kier molecular flexibility index (Phi) is 6.65. The molecule has 5 nitrogen and oxygen atoms in total. The van der Waals surface area contributed by atoms with Gasteiger partial charge in [-0.25, -0.2) is 0 Å². The molecule has 2 heterocycles. The van der Waals surface area contributed by atoms with Gasteiger partial charge in [0.1, 0.15) is 0 Å². The quantitative estimate of drug-likeness (QED) is 0.196. The van der Waals surface area contributed by atoms with Crippen molar-refractivity contribution in [1.82, 2.24) is 14.8 Å². The fourth-order valence-corrected chi connectivity index (χ4v) is 4.48. The van der Waals surface area contributed by atoms with Crippen LogP contribution in [-0.4, -0.2) is 20.5 Å². The number of H-pyrrole nitrogens is 1. The molecular weight excluding hydrogens is 470 g/mol. The van der Waals surface area contributed by atoms with Gasteiger partial charge in [-0.3, -0.25) is 14.3 Å². The Morgan fingerprint density at radius 2 is 1.78 bits per heavy atom. The van der Waals surface area contributed by atoms with Crippen molar-refractivity contribution in [2.45, 2.75) is 19.9 Å². The molecule has 0 radical (unpaired) electrons. The van der Waals surface area contributed by atoms with Crippen molar-refractivity contribution in [3.63, 3.8) is 0 Å². The Morgan fingerprint density at radius 3 is 2.53 bits per heavy atom. The summed E-state index contributed by atoms with van der Waals surface area (Å²) in [6.07, 6.45) is 8.08. The number of allylic oxidation sites excluding steroid dienone is 1. The monoisotopic (exact) mass is 493 g/mol. The molecular formula is C30H24ClN3O2. The van der Waals surface area contributed by atoms with E-state index >= 15 is 0 Å². The lowest BCUT2D eigenvalue weighted by Gasteiger charge is -2.11. The highest BCUT2D eigenvalue weighted by Gasteiger charge is 2.19. The van der Waals surface area contributed by atoms with E-state index in [0.717, 1.165) is 40.6 Å². The molecule has 0 bridgehead atoms. The fraction of sp³-hybridized carbons (Fsp3) is 0.100. The second-order valence-corrected chi connectivity index (χ2v) is 9.01. The highest BCUT2D eigenvalue weighted by atomic mass is 35.5. The van der Waals surface area contributed by atoms with E-state index in [1.165, 1.54) is 6.08 Å². The van der Waals surface area contributed by atoms with Crippen LogP contribution in [-0.2, 0) is 6.54 Å². The summed E-state index contributed by atoms with van der Waals surface area (Å²) < 4.78 is 1.93. The lowest BCUT2D eigenvalue weighted by molar-refractivity contribution is 0.104. The number of hydrogen-bond donors (Lipinski definition) is 1. The van der Waals surface area contributed by atoms with Crippen LogP contribution < -0.4 is 5.56 Å². The zero-order valence-electron chi connectivity index (χ0n) is 19.7. The van der Waals surface area contributed by atoms with Crippen LogP contribution in [0.5, 0.6) is 0 Å². The minimum absolute atomic E-state index is 0.0900. The summed E-state index contributed by atoms with van der Waals surface area (Å²) in [4.78, 5) is 29.3. The number of fused-ring (bicyclic) bond motifs is 1. The molecule has 0 aliphatic carbocycles. The maximum absolute atomic E-state index is 13.4. The number of nitrogens with one attached hydrogen (secondary N) is 1. The first-order valence-electron chi connectivity index (χ1n) is 11.8.